The number of carbonyl (C=O) groups excluding carboxylic acids is 2. The monoisotopic (exact) mass is 496 g/mol. The van der Waals surface area contributed by atoms with Crippen molar-refractivity contribution in [3.63, 3.8) is 0 Å². The first-order chi connectivity index (χ1) is 17.4. The topological polar surface area (TPSA) is 114 Å². The van der Waals surface area contributed by atoms with Crippen LogP contribution in [0.3, 0.4) is 0 Å². The molecule has 0 unspecified atom stereocenters. The van der Waals surface area contributed by atoms with Crippen molar-refractivity contribution in [1.29, 1.82) is 0 Å². The fourth-order valence-corrected chi connectivity index (χ4v) is 4.31. The van der Waals surface area contributed by atoms with Gasteiger partial charge in [-0.2, -0.15) is 0 Å². The SMILES string of the molecule is CCOCCNC(=O)c1c(O)c2ncc(Cc3ccc(F)cc3)cc2n(CC(=O)N2CCCC2)c1=O. The first-order valence-corrected chi connectivity index (χ1v) is 12.0. The second-order valence-electron chi connectivity index (χ2n) is 8.67. The Morgan fingerprint density at radius 3 is 2.58 bits per heavy atom. The number of hydrogen-bond donors (Lipinski definition) is 2. The average Bonchev–Trinajstić information content (AvgIpc) is 3.41. The molecule has 1 fully saturated rings. The van der Waals surface area contributed by atoms with Crippen molar-refractivity contribution in [3.8, 4) is 5.75 Å². The third-order valence-electron chi connectivity index (χ3n) is 6.17. The van der Waals surface area contributed by atoms with Crippen molar-refractivity contribution in [2.45, 2.75) is 32.7 Å². The van der Waals surface area contributed by atoms with Crippen molar-refractivity contribution in [2.75, 3.05) is 32.8 Å². The summed E-state index contributed by atoms with van der Waals surface area (Å²) in [6.07, 6.45) is 3.72. The molecule has 9 nitrogen and oxygen atoms in total. The quantitative estimate of drug-likeness (QED) is 0.439. The number of nitrogens with one attached hydrogen (secondary N) is 1. The molecule has 1 aliphatic heterocycles. The summed E-state index contributed by atoms with van der Waals surface area (Å²) in [6.45, 7) is 3.65. The Balaban J connectivity index is 1.75. The van der Waals surface area contributed by atoms with Crippen LogP contribution in [-0.2, 0) is 22.5 Å². The lowest BCUT2D eigenvalue weighted by atomic mass is 10.1. The third-order valence-corrected chi connectivity index (χ3v) is 6.17. The van der Waals surface area contributed by atoms with Gasteiger partial charge < -0.3 is 20.1 Å². The van der Waals surface area contributed by atoms with E-state index in [9.17, 15) is 23.9 Å². The minimum atomic E-state index is -0.776. The molecule has 0 bridgehead atoms. The van der Waals surface area contributed by atoms with Crippen LogP contribution in [0.2, 0.25) is 0 Å². The molecule has 1 aromatic carbocycles. The van der Waals surface area contributed by atoms with Crippen LogP contribution in [0.1, 0.15) is 41.3 Å². The highest BCUT2D eigenvalue weighted by Gasteiger charge is 2.26. The molecule has 0 spiro atoms. The molecule has 2 aromatic heterocycles. The summed E-state index contributed by atoms with van der Waals surface area (Å²) >= 11 is 0. The highest BCUT2D eigenvalue weighted by atomic mass is 19.1. The molecule has 0 radical (unpaired) electrons. The summed E-state index contributed by atoms with van der Waals surface area (Å²) in [5, 5.41) is 13.5. The number of pyridine rings is 2. The van der Waals surface area contributed by atoms with E-state index in [1.54, 1.807) is 23.1 Å². The number of carbonyl (C=O) groups is 2. The van der Waals surface area contributed by atoms with E-state index in [0.717, 1.165) is 18.4 Å². The van der Waals surface area contributed by atoms with Crippen LogP contribution in [-0.4, -0.2) is 64.2 Å². The molecule has 0 saturated carbocycles. The molecule has 10 heteroatoms. The van der Waals surface area contributed by atoms with Gasteiger partial charge in [0, 0.05) is 32.4 Å². The molecule has 3 heterocycles. The number of hydrogen-bond acceptors (Lipinski definition) is 6. The first-order valence-electron chi connectivity index (χ1n) is 12.0. The molecule has 4 rings (SSSR count). The summed E-state index contributed by atoms with van der Waals surface area (Å²) in [5.41, 5.74) is 0.574. The Bertz CT molecular complexity index is 1320. The molecule has 3 aromatic rings. The van der Waals surface area contributed by atoms with Crippen LogP contribution in [0.25, 0.3) is 11.0 Å². The van der Waals surface area contributed by atoms with Gasteiger partial charge >= 0.3 is 0 Å². The lowest BCUT2D eigenvalue weighted by molar-refractivity contribution is -0.130. The van der Waals surface area contributed by atoms with Gasteiger partial charge in [-0.3, -0.25) is 23.9 Å². The van der Waals surface area contributed by atoms with Crippen molar-refractivity contribution >= 4 is 22.8 Å². The summed E-state index contributed by atoms with van der Waals surface area (Å²) in [5.74, 6) is -1.89. The van der Waals surface area contributed by atoms with Gasteiger partial charge in [-0.25, -0.2) is 4.39 Å². The Kier molecular flexibility index (Phi) is 7.94. The first kappa shape index (κ1) is 25.3. The maximum absolute atomic E-state index is 13.5. The van der Waals surface area contributed by atoms with E-state index >= 15 is 0 Å². The van der Waals surface area contributed by atoms with E-state index in [2.05, 4.69) is 10.3 Å². The molecule has 0 atom stereocenters. The number of halogens is 1. The zero-order chi connectivity index (χ0) is 25.7. The number of nitrogens with zero attached hydrogens (tertiary/aromatic N) is 3. The Morgan fingerprint density at radius 2 is 1.89 bits per heavy atom. The van der Waals surface area contributed by atoms with Gasteiger partial charge in [0.1, 0.15) is 23.4 Å². The van der Waals surface area contributed by atoms with Gasteiger partial charge in [-0.15, -0.1) is 0 Å². The minimum absolute atomic E-state index is 0.0432. The number of aromatic nitrogens is 2. The van der Waals surface area contributed by atoms with Crippen molar-refractivity contribution in [2.24, 2.45) is 0 Å². The fourth-order valence-electron chi connectivity index (χ4n) is 4.31. The normalized spacial score (nSPS) is 13.3. The lowest BCUT2D eigenvalue weighted by Crippen LogP contribution is -2.38. The summed E-state index contributed by atoms with van der Waals surface area (Å²) in [4.78, 5) is 45.3. The molecular formula is C26H29FN4O5. The smallest absolute Gasteiger partial charge is 0.268 e. The maximum Gasteiger partial charge on any atom is 0.268 e. The zero-order valence-electron chi connectivity index (χ0n) is 20.1. The number of ether oxygens (including phenoxy) is 1. The van der Waals surface area contributed by atoms with E-state index in [4.69, 9.17) is 4.74 Å². The number of benzene rings is 1. The average molecular weight is 497 g/mol. The predicted molar refractivity (Wildman–Crippen MR) is 132 cm³/mol. The Labute approximate surface area is 207 Å². The highest BCUT2D eigenvalue weighted by molar-refractivity contribution is 6.01. The second-order valence-corrected chi connectivity index (χ2v) is 8.67. The van der Waals surface area contributed by atoms with Gasteiger partial charge in [0.25, 0.3) is 11.5 Å². The fraction of sp³-hybridized carbons (Fsp3) is 0.385. The predicted octanol–water partition coefficient (Wildman–Crippen LogP) is 2.22. The summed E-state index contributed by atoms with van der Waals surface area (Å²) in [7, 11) is 0. The molecule has 1 aliphatic rings. The van der Waals surface area contributed by atoms with E-state index in [1.807, 2.05) is 6.92 Å². The largest absolute Gasteiger partial charge is 0.505 e. The van der Waals surface area contributed by atoms with Crippen molar-refractivity contribution in [1.82, 2.24) is 19.8 Å². The van der Waals surface area contributed by atoms with Gasteiger partial charge in [-0.05, 0) is 55.5 Å². The Hall–Kier alpha value is -3.79. The summed E-state index contributed by atoms with van der Waals surface area (Å²) < 4.78 is 19.7. The molecule has 2 N–H and O–H groups in total. The van der Waals surface area contributed by atoms with Crippen LogP contribution in [0.5, 0.6) is 5.75 Å². The van der Waals surface area contributed by atoms with Gasteiger partial charge in [-0.1, -0.05) is 12.1 Å². The number of fused-ring (bicyclic) bond motifs is 1. The van der Waals surface area contributed by atoms with E-state index in [1.165, 1.54) is 22.9 Å². The number of rotatable bonds is 9. The molecule has 36 heavy (non-hydrogen) atoms. The minimum Gasteiger partial charge on any atom is -0.505 e. The van der Waals surface area contributed by atoms with E-state index in [-0.39, 0.29) is 42.5 Å². The standard InChI is InChI=1S/C26H29FN4O5/c1-2-36-12-9-28-25(34)22-24(33)23-20(31(26(22)35)16-21(32)30-10-3-4-11-30)14-18(15-29-23)13-17-5-7-19(27)8-6-17/h5-8,14-15,33H,2-4,9-13,16H2,1H3,(H,28,34). The van der Waals surface area contributed by atoms with Crippen molar-refractivity contribution in [3.05, 3.63) is 69.4 Å². The zero-order valence-corrected chi connectivity index (χ0v) is 20.1. The number of amides is 2. The molecular weight excluding hydrogens is 467 g/mol. The third kappa shape index (κ3) is 5.54. The molecule has 0 aliphatic carbocycles. The number of likely N-dealkylation sites (tertiary alicyclic amines) is 1. The highest BCUT2D eigenvalue weighted by Crippen LogP contribution is 2.26. The molecule has 1 saturated heterocycles. The van der Waals surface area contributed by atoms with E-state index in [0.29, 0.717) is 31.7 Å². The van der Waals surface area contributed by atoms with E-state index < -0.39 is 22.8 Å². The van der Waals surface area contributed by atoms with Gasteiger partial charge in [0.15, 0.2) is 5.75 Å². The number of aromatic hydroxyl groups is 1. The Morgan fingerprint density at radius 1 is 1.17 bits per heavy atom. The van der Waals surface area contributed by atoms with Gasteiger partial charge in [0.2, 0.25) is 5.91 Å². The second kappa shape index (κ2) is 11.3. The lowest BCUT2D eigenvalue weighted by Gasteiger charge is -2.19. The van der Waals surface area contributed by atoms with Crippen molar-refractivity contribution < 1.29 is 23.8 Å². The van der Waals surface area contributed by atoms with Crippen LogP contribution in [0.4, 0.5) is 4.39 Å². The van der Waals surface area contributed by atoms with Gasteiger partial charge in [0.05, 0.1) is 12.1 Å². The molecule has 190 valence electrons. The summed E-state index contributed by atoms with van der Waals surface area (Å²) in [6, 6.07) is 7.68. The van der Waals surface area contributed by atoms with Crippen LogP contribution in [0, 0.1) is 5.82 Å². The van der Waals surface area contributed by atoms with Crippen LogP contribution < -0.4 is 10.9 Å². The molecule has 2 amide bonds. The van der Waals surface area contributed by atoms with Crippen LogP contribution >= 0.6 is 0 Å². The van der Waals surface area contributed by atoms with Crippen LogP contribution in [0.15, 0.2) is 41.3 Å². The maximum atomic E-state index is 13.5.